The van der Waals surface area contributed by atoms with E-state index in [1.165, 1.54) is 56.2 Å². The summed E-state index contributed by atoms with van der Waals surface area (Å²) in [6.45, 7) is 7.70. The first-order valence-electron chi connectivity index (χ1n) is 8.97. The van der Waals surface area contributed by atoms with Crippen molar-refractivity contribution < 1.29 is 0 Å². The fraction of sp³-hybridized carbons (Fsp3) is 0.737. The third-order valence-electron chi connectivity index (χ3n) is 4.15. The molecule has 1 atom stereocenters. The second kappa shape index (κ2) is 11.7. The highest BCUT2D eigenvalue weighted by molar-refractivity contribution is 5.14. The minimum absolute atomic E-state index is 0.584. The van der Waals surface area contributed by atoms with Crippen molar-refractivity contribution in [2.45, 2.75) is 84.6 Å². The highest BCUT2D eigenvalue weighted by atomic mass is 14.9. The van der Waals surface area contributed by atoms with E-state index >= 15 is 0 Å². The average molecular weight is 290 g/mol. The molecule has 2 nitrogen and oxygen atoms in total. The molecular weight excluding hydrogens is 256 g/mol. The largest absolute Gasteiger partial charge is 0.314 e. The predicted octanol–water partition coefficient (Wildman–Crippen LogP) is 4.92. The van der Waals surface area contributed by atoms with Crippen LogP contribution in [0.5, 0.6) is 0 Å². The van der Waals surface area contributed by atoms with Crippen LogP contribution in [0.25, 0.3) is 0 Å². The zero-order chi connectivity index (χ0) is 15.3. The lowest BCUT2D eigenvalue weighted by atomic mass is 10.0. The van der Waals surface area contributed by atoms with Gasteiger partial charge in [-0.2, -0.15) is 0 Å². The van der Waals surface area contributed by atoms with Gasteiger partial charge in [-0.3, -0.25) is 4.98 Å². The van der Waals surface area contributed by atoms with Gasteiger partial charge in [0.05, 0.1) is 0 Å². The molecule has 1 aromatic rings. The van der Waals surface area contributed by atoms with Crippen molar-refractivity contribution in [3.8, 4) is 0 Å². The zero-order valence-corrected chi connectivity index (χ0v) is 14.3. The second-order valence-corrected chi connectivity index (χ2v) is 6.03. The van der Waals surface area contributed by atoms with Gasteiger partial charge in [-0.05, 0) is 31.0 Å². The van der Waals surface area contributed by atoms with Crippen LogP contribution in [-0.4, -0.2) is 17.6 Å². The molecule has 0 aliphatic heterocycles. The molecule has 2 heteroatoms. The molecule has 120 valence electrons. The van der Waals surface area contributed by atoms with E-state index in [4.69, 9.17) is 0 Å². The van der Waals surface area contributed by atoms with E-state index in [1.807, 2.05) is 6.20 Å². The summed E-state index contributed by atoms with van der Waals surface area (Å²) in [6.07, 6.45) is 13.7. The number of hydrogen-bond acceptors (Lipinski definition) is 2. The molecule has 0 amide bonds. The summed E-state index contributed by atoms with van der Waals surface area (Å²) >= 11 is 0. The summed E-state index contributed by atoms with van der Waals surface area (Å²) in [7, 11) is 0. The minimum Gasteiger partial charge on any atom is -0.314 e. The molecule has 1 N–H and O–H groups in total. The van der Waals surface area contributed by atoms with Crippen LogP contribution in [0.2, 0.25) is 0 Å². The van der Waals surface area contributed by atoms with Crippen molar-refractivity contribution >= 4 is 0 Å². The first kappa shape index (κ1) is 18.2. The Labute approximate surface area is 131 Å². The first-order chi connectivity index (χ1) is 10.3. The molecule has 1 heterocycles. The number of aromatic nitrogens is 1. The molecule has 0 saturated heterocycles. The van der Waals surface area contributed by atoms with Crippen molar-refractivity contribution in [2.75, 3.05) is 6.54 Å². The van der Waals surface area contributed by atoms with Crippen molar-refractivity contribution in [3.63, 3.8) is 0 Å². The number of nitrogens with zero attached hydrogens (tertiary/aromatic N) is 1. The number of nitrogens with one attached hydrogen (secondary N) is 1. The summed E-state index contributed by atoms with van der Waals surface area (Å²) < 4.78 is 0. The van der Waals surface area contributed by atoms with Gasteiger partial charge in [0, 0.05) is 24.4 Å². The van der Waals surface area contributed by atoms with Gasteiger partial charge in [-0.25, -0.2) is 0 Å². The number of pyridine rings is 1. The number of hydrogen-bond donors (Lipinski definition) is 1. The molecule has 1 rings (SSSR count). The van der Waals surface area contributed by atoms with Gasteiger partial charge in [0.2, 0.25) is 0 Å². The molecule has 1 unspecified atom stereocenters. The Morgan fingerprint density at radius 1 is 1.00 bits per heavy atom. The Morgan fingerprint density at radius 3 is 2.38 bits per heavy atom. The van der Waals surface area contributed by atoms with E-state index in [2.05, 4.69) is 43.2 Å². The maximum absolute atomic E-state index is 4.60. The van der Waals surface area contributed by atoms with E-state index < -0.39 is 0 Å². The topological polar surface area (TPSA) is 24.9 Å². The highest BCUT2D eigenvalue weighted by Crippen LogP contribution is 2.12. The minimum atomic E-state index is 0.584. The Morgan fingerprint density at radius 2 is 1.76 bits per heavy atom. The zero-order valence-electron chi connectivity index (χ0n) is 14.3. The lowest BCUT2D eigenvalue weighted by Crippen LogP contribution is -2.31. The van der Waals surface area contributed by atoms with Crippen LogP contribution >= 0.6 is 0 Å². The molecule has 0 fully saturated rings. The van der Waals surface area contributed by atoms with Crippen LogP contribution in [0.3, 0.4) is 0 Å². The highest BCUT2D eigenvalue weighted by Gasteiger charge is 2.09. The van der Waals surface area contributed by atoms with Crippen molar-refractivity contribution in [1.29, 1.82) is 0 Å². The van der Waals surface area contributed by atoms with Crippen LogP contribution in [-0.2, 0) is 12.8 Å². The van der Waals surface area contributed by atoms with Crippen LogP contribution in [0, 0.1) is 0 Å². The van der Waals surface area contributed by atoms with Crippen LogP contribution in [0.1, 0.15) is 77.0 Å². The lowest BCUT2D eigenvalue weighted by molar-refractivity contribution is 0.456. The van der Waals surface area contributed by atoms with Gasteiger partial charge in [-0.15, -0.1) is 0 Å². The maximum Gasteiger partial charge on any atom is 0.0419 e. The fourth-order valence-electron chi connectivity index (χ4n) is 2.77. The third kappa shape index (κ3) is 8.21. The van der Waals surface area contributed by atoms with Crippen molar-refractivity contribution in [2.24, 2.45) is 0 Å². The van der Waals surface area contributed by atoms with Gasteiger partial charge in [0.25, 0.3) is 0 Å². The molecule has 0 aliphatic carbocycles. The number of rotatable bonds is 12. The molecular formula is C19H34N2. The van der Waals surface area contributed by atoms with E-state index in [9.17, 15) is 0 Å². The van der Waals surface area contributed by atoms with Crippen LogP contribution in [0.4, 0.5) is 0 Å². The molecule has 0 radical (unpaired) electrons. The van der Waals surface area contributed by atoms with Gasteiger partial charge >= 0.3 is 0 Å². The number of unbranched alkanes of at least 4 members (excludes halogenated alkanes) is 5. The summed E-state index contributed by atoms with van der Waals surface area (Å²) in [5.41, 5.74) is 2.55. The van der Waals surface area contributed by atoms with E-state index in [1.54, 1.807) is 0 Å². The van der Waals surface area contributed by atoms with Crippen molar-refractivity contribution in [3.05, 3.63) is 29.6 Å². The molecule has 0 aliphatic rings. The van der Waals surface area contributed by atoms with Crippen molar-refractivity contribution in [1.82, 2.24) is 10.3 Å². The number of aryl methyl sites for hydroxylation is 1. The summed E-state index contributed by atoms with van der Waals surface area (Å²) in [5.74, 6) is 0. The third-order valence-corrected chi connectivity index (χ3v) is 4.15. The predicted molar refractivity (Wildman–Crippen MR) is 92.8 cm³/mol. The quantitative estimate of drug-likeness (QED) is 0.553. The monoisotopic (exact) mass is 290 g/mol. The second-order valence-electron chi connectivity index (χ2n) is 6.03. The molecule has 0 spiro atoms. The van der Waals surface area contributed by atoms with Gasteiger partial charge < -0.3 is 5.32 Å². The first-order valence-corrected chi connectivity index (χ1v) is 8.97. The number of likely N-dealkylation sites (N-methyl/N-ethyl adjacent to an activating group) is 1. The van der Waals surface area contributed by atoms with E-state index in [0.29, 0.717) is 6.04 Å². The maximum atomic E-state index is 4.60. The SMILES string of the molecule is CCCCCCCCC(Cc1ccc(CC)cn1)NCC. The summed E-state index contributed by atoms with van der Waals surface area (Å²) in [6, 6.07) is 5.00. The lowest BCUT2D eigenvalue weighted by Gasteiger charge is -2.17. The van der Waals surface area contributed by atoms with Gasteiger partial charge in [0.1, 0.15) is 0 Å². The Kier molecular flexibility index (Phi) is 10.1. The normalized spacial score (nSPS) is 12.5. The molecule has 0 bridgehead atoms. The standard InChI is InChI=1S/C19H34N2/c1-4-7-8-9-10-11-12-18(20-6-3)15-19-14-13-17(5-2)16-21-19/h13-14,16,18,20H,4-12,15H2,1-3H3. The van der Waals surface area contributed by atoms with E-state index in [-0.39, 0.29) is 0 Å². The Bertz CT molecular complexity index is 345. The molecule has 0 saturated carbocycles. The summed E-state index contributed by atoms with van der Waals surface area (Å²) in [4.78, 5) is 4.60. The van der Waals surface area contributed by atoms with Crippen LogP contribution in [0.15, 0.2) is 18.3 Å². The Hall–Kier alpha value is -0.890. The fourth-order valence-corrected chi connectivity index (χ4v) is 2.77. The van der Waals surface area contributed by atoms with E-state index in [0.717, 1.165) is 19.4 Å². The molecule has 21 heavy (non-hydrogen) atoms. The molecule has 1 aromatic heterocycles. The smallest absolute Gasteiger partial charge is 0.0419 e. The van der Waals surface area contributed by atoms with Gasteiger partial charge in [0.15, 0.2) is 0 Å². The summed E-state index contributed by atoms with van der Waals surface area (Å²) in [5, 5.41) is 3.62. The Balaban J connectivity index is 2.31. The average Bonchev–Trinajstić information content (AvgIpc) is 2.51. The molecule has 0 aromatic carbocycles. The van der Waals surface area contributed by atoms with Gasteiger partial charge in [-0.1, -0.05) is 65.4 Å². The van der Waals surface area contributed by atoms with Crippen LogP contribution < -0.4 is 5.32 Å².